The van der Waals surface area contributed by atoms with Crippen molar-refractivity contribution in [3.8, 4) is 0 Å². The molecule has 0 bridgehead atoms. The molecule has 28 heavy (non-hydrogen) atoms. The van der Waals surface area contributed by atoms with E-state index in [9.17, 15) is 14.4 Å². The summed E-state index contributed by atoms with van der Waals surface area (Å²) in [4.78, 5) is 40.0. The van der Waals surface area contributed by atoms with E-state index in [1.165, 1.54) is 0 Å². The summed E-state index contributed by atoms with van der Waals surface area (Å²) in [6, 6.07) is 19.7. The Morgan fingerprint density at radius 3 is 2.32 bits per heavy atom. The van der Waals surface area contributed by atoms with Crippen LogP contribution in [0.15, 0.2) is 60.7 Å². The van der Waals surface area contributed by atoms with Gasteiger partial charge in [-0.3, -0.25) is 14.4 Å². The molecule has 3 aliphatic carbocycles. The lowest BCUT2D eigenvalue weighted by atomic mass is 9.61. The van der Waals surface area contributed by atoms with Crippen LogP contribution in [0, 0.1) is 5.92 Å². The van der Waals surface area contributed by atoms with E-state index in [1.54, 1.807) is 0 Å². The Hall–Kier alpha value is -3.07. The average Bonchev–Trinajstić information content (AvgIpc) is 3.16. The van der Waals surface area contributed by atoms with Gasteiger partial charge in [0.15, 0.2) is 17.3 Å². The lowest BCUT2D eigenvalue weighted by molar-refractivity contribution is -0.134. The minimum absolute atomic E-state index is 0.0162. The maximum atomic E-state index is 13.4. The van der Waals surface area contributed by atoms with Gasteiger partial charge in [-0.05, 0) is 39.9 Å². The fourth-order valence-electron chi connectivity index (χ4n) is 5.94. The van der Waals surface area contributed by atoms with Gasteiger partial charge < -0.3 is 0 Å². The molecule has 1 saturated carbocycles. The van der Waals surface area contributed by atoms with E-state index in [1.807, 2.05) is 60.7 Å². The van der Waals surface area contributed by atoms with Crippen LogP contribution in [0.3, 0.4) is 0 Å². The maximum absolute atomic E-state index is 13.4. The predicted octanol–water partition coefficient (Wildman–Crippen LogP) is 4.16. The van der Waals surface area contributed by atoms with Crippen LogP contribution in [0.4, 0.5) is 0 Å². The first-order chi connectivity index (χ1) is 13.6. The van der Waals surface area contributed by atoms with Crippen molar-refractivity contribution in [3.63, 3.8) is 0 Å². The minimum Gasteiger partial charge on any atom is -0.298 e. The summed E-state index contributed by atoms with van der Waals surface area (Å²) in [6.45, 7) is 0. The number of carbonyl (C=O) groups excluding carboxylic acids is 3. The summed E-state index contributed by atoms with van der Waals surface area (Å²) in [5.74, 6) is -0.869. The highest BCUT2D eigenvalue weighted by Gasteiger charge is 2.66. The number of Topliss-reactive ketones (excluding diaryl/α,β-unsaturated/α-hetero) is 3. The first kappa shape index (κ1) is 15.9. The number of fused-ring (bicyclic) bond motifs is 7. The summed E-state index contributed by atoms with van der Waals surface area (Å²) in [7, 11) is 0. The first-order valence-corrected chi connectivity index (χ1v) is 9.84. The van der Waals surface area contributed by atoms with Crippen LogP contribution in [0.5, 0.6) is 0 Å². The molecule has 0 unspecified atom stereocenters. The number of rotatable bonds is 0. The molecule has 0 radical (unpaired) electrons. The molecule has 1 spiro atoms. The van der Waals surface area contributed by atoms with Crippen LogP contribution < -0.4 is 0 Å². The van der Waals surface area contributed by atoms with E-state index in [0.717, 1.165) is 27.5 Å². The van der Waals surface area contributed by atoms with Gasteiger partial charge in [0, 0.05) is 30.2 Å². The zero-order chi connectivity index (χ0) is 19.0. The summed E-state index contributed by atoms with van der Waals surface area (Å²) < 4.78 is 0. The first-order valence-electron chi connectivity index (χ1n) is 9.84. The monoisotopic (exact) mass is 366 g/mol. The smallest absolute Gasteiger partial charge is 0.167 e. The van der Waals surface area contributed by atoms with E-state index in [2.05, 4.69) is 0 Å². The molecule has 3 nitrogen and oxygen atoms in total. The third-order valence-electron chi connectivity index (χ3n) is 7.07. The number of hydrogen-bond acceptors (Lipinski definition) is 3. The highest BCUT2D eigenvalue weighted by Crippen LogP contribution is 2.60. The quantitative estimate of drug-likeness (QED) is 0.561. The third kappa shape index (κ3) is 1.73. The van der Waals surface area contributed by atoms with Crippen LogP contribution in [0.2, 0.25) is 0 Å². The van der Waals surface area contributed by atoms with E-state index in [-0.39, 0.29) is 29.7 Å². The fraction of sp³-hybridized carbons (Fsp3) is 0.240. The zero-order valence-corrected chi connectivity index (χ0v) is 15.3. The molecule has 3 atom stereocenters. The van der Waals surface area contributed by atoms with Crippen molar-refractivity contribution in [3.05, 3.63) is 82.9 Å². The average molecular weight is 366 g/mol. The van der Waals surface area contributed by atoms with Crippen molar-refractivity contribution in [2.75, 3.05) is 0 Å². The molecule has 0 saturated heterocycles. The second kappa shape index (κ2) is 5.26. The normalized spacial score (nSPS) is 27.9. The second-order valence-electron chi connectivity index (χ2n) is 8.25. The standard InChI is InChI=1S/C25H18O3/c26-21-10-9-14-5-3-4-8-20(14)25(21)22(27)13-19-23(25)17-11-15-6-1-2-7-16(15)12-18(17)24(19)28/h1-8,11-12,19,23H,9-10,13H2/t19-,23-,25-/m1/s1. The van der Waals surface area contributed by atoms with Crippen molar-refractivity contribution in [2.24, 2.45) is 5.92 Å². The van der Waals surface area contributed by atoms with Crippen molar-refractivity contribution >= 4 is 28.1 Å². The molecule has 3 aromatic carbocycles. The molecule has 0 heterocycles. The summed E-state index contributed by atoms with van der Waals surface area (Å²) >= 11 is 0. The van der Waals surface area contributed by atoms with Gasteiger partial charge in [0.2, 0.25) is 0 Å². The highest BCUT2D eigenvalue weighted by molar-refractivity contribution is 6.22. The third-order valence-corrected chi connectivity index (χ3v) is 7.07. The van der Waals surface area contributed by atoms with Gasteiger partial charge in [0.25, 0.3) is 0 Å². The summed E-state index contributed by atoms with van der Waals surface area (Å²) in [6.07, 6.45) is 1.19. The maximum Gasteiger partial charge on any atom is 0.167 e. The molecule has 6 rings (SSSR count). The topological polar surface area (TPSA) is 51.2 Å². The van der Waals surface area contributed by atoms with E-state index in [0.29, 0.717) is 18.4 Å². The van der Waals surface area contributed by atoms with Gasteiger partial charge in [0.1, 0.15) is 5.41 Å². The van der Waals surface area contributed by atoms with E-state index >= 15 is 0 Å². The zero-order valence-electron chi connectivity index (χ0n) is 15.3. The Kier molecular flexibility index (Phi) is 2.99. The molecule has 0 aliphatic heterocycles. The molecule has 3 heteroatoms. The van der Waals surface area contributed by atoms with Crippen LogP contribution >= 0.6 is 0 Å². The van der Waals surface area contributed by atoms with Crippen molar-refractivity contribution in [1.82, 2.24) is 0 Å². The Morgan fingerprint density at radius 2 is 1.50 bits per heavy atom. The fourth-order valence-corrected chi connectivity index (χ4v) is 5.94. The van der Waals surface area contributed by atoms with Gasteiger partial charge >= 0.3 is 0 Å². The molecule has 3 aromatic rings. The van der Waals surface area contributed by atoms with E-state index in [4.69, 9.17) is 0 Å². The van der Waals surface area contributed by atoms with Crippen LogP contribution in [-0.2, 0) is 21.4 Å². The Labute approximate surface area is 162 Å². The van der Waals surface area contributed by atoms with Crippen LogP contribution in [0.1, 0.15) is 45.8 Å². The van der Waals surface area contributed by atoms with Gasteiger partial charge in [-0.1, -0.05) is 54.6 Å². The lowest BCUT2D eigenvalue weighted by Crippen LogP contribution is -2.47. The highest BCUT2D eigenvalue weighted by atomic mass is 16.2. The lowest BCUT2D eigenvalue weighted by Gasteiger charge is -2.38. The van der Waals surface area contributed by atoms with Crippen molar-refractivity contribution in [1.29, 1.82) is 0 Å². The number of aryl methyl sites for hydroxylation is 1. The number of hydrogen-bond donors (Lipinski definition) is 0. The molecule has 136 valence electrons. The summed E-state index contributed by atoms with van der Waals surface area (Å²) in [5, 5.41) is 2.06. The Balaban J connectivity index is 1.68. The van der Waals surface area contributed by atoms with Crippen LogP contribution in [0.25, 0.3) is 10.8 Å². The number of benzene rings is 3. The molecule has 0 amide bonds. The molecule has 0 N–H and O–H groups in total. The van der Waals surface area contributed by atoms with Gasteiger partial charge in [0.05, 0.1) is 0 Å². The van der Waals surface area contributed by atoms with Gasteiger partial charge in [-0.25, -0.2) is 0 Å². The molecule has 3 aliphatic rings. The summed E-state index contributed by atoms with van der Waals surface area (Å²) in [5.41, 5.74) is 2.28. The second-order valence-corrected chi connectivity index (χ2v) is 8.25. The number of carbonyl (C=O) groups is 3. The van der Waals surface area contributed by atoms with Gasteiger partial charge in [-0.2, -0.15) is 0 Å². The van der Waals surface area contributed by atoms with Crippen molar-refractivity contribution < 1.29 is 14.4 Å². The molecule has 1 fully saturated rings. The number of ketones is 3. The molecular formula is C25H18O3. The minimum atomic E-state index is -1.19. The largest absolute Gasteiger partial charge is 0.298 e. The van der Waals surface area contributed by atoms with Gasteiger partial charge in [-0.15, -0.1) is 0 Å². The van der Waals surface area contributed by atoms with Crippen molar-refractivity contribution in [2.45, 2.75) is 30.6 Å². The SMILES string of the molecule is O=C1c2cc3ccccc3cc2[C@@H]2[C@H]1CC(=O)[C@@]21C(=O)CCc2ccccc21. The van der Waals surface area contributed by atoms with Crippen LogP contribution in [-0.4, -0.2) is 17.3 Å². The molecule has 0 aromatic heterocycles. The Morgan fingerprint density at radius 1 is 0.786 bits per heavy atom. The predicted molar refractivity (Wildman–Crippen MR) is 106 cm³/mol. The van der Waals surface area contributed by atoms with E-state index < -0.39 is 11.3 Å². The molecular weight excluding hydrogens is 348 g/mol. The Bertz CT molecular complexity index is 1220.